The third kappa shape index (κ3) is 5.02. The van der Waals surface area contributed by atoms with Gasteiger partial charge in [0.15, 0.2) is 0 Å². The van der Waals surface area contributed by atoms with Crippen LogP contribution in [0.2, 0.25) is 0 Å². The predicted molar refractivity (Wildman–Crippen MR) is 86.9 cm³/mol. The monoisotopic (exact) mass is 331 g/mol. The summed E-state index contributed by atoms with van der Waals surface area (Å²) in [4.78, 5) is 3.98. The molecule has 0 aliphatic carbocycles. The summed E-state index contributed by atoms with van der Waals surface area (Å²) in [6.45, 7) is 10.5. The molecule has 0 aromatic carbocycles. The highest BCUT2D eigenvalue weighted by Gasteiger charge is 2.26. The van der Waals surface area contributed by atoms with E-state index in [0.29, 0.717) is 17.4 Å². The van der Waals surface area contributed by atoms with Crippen molar-refractivity contribution < 1.29 is 0 Å². The van der Waals surface area contributed by atoms with Gasteiger partial charge in [0.1, 0.15) is 0 Å². The number of likely N-dealkylation sites (N-methyl/N-ethyl adjacent to an activating group) is 1. The zero-order chi connectivity index (χ0) is 13.8. The molecule has 0 bridgehead atoms. The van der Waals surface area contributed by atoms with E-state index in [0.717, 1.165) is 18.3 Å². The molecule has 2 atom stereocenters. The summed E-state index contributed by atoms with van der Waals surface area (Å²) >= 11 is 5.53. The molecular weight excluding hydrogens is 306 g/mol. The molecule has 0 spiro atoms. The lowest BCUT2D eigenvalue weighted by Gasteiger charge is -2.35. The first kappa shape index (κ1) is 16.2. The van der Waals surface area contributed by atoms with Crippen molar-refractivity contribution in [2.45, 2.75) is 40.2 Å². The summed E-state index contributed by atoms with van der Waals surface area (Å²) in [5.41, 5.74) is 0.362. The van der Waals surface area contributed by atoms with E-state index in [4.69, 9.17) is 0 Å². The number of hydrogen-bond acceptors (Lipinski definition) is 2. The third-order valence-electron chi connectivity index (χ3n) is 3.75. The zero-order valence-corrected chi connectivity index (χ0v) is 14.6. The summed E-state index contributed by atoms with van der Waals surface area (Å²) in [6.07, 6.45) is 1.16. The maximum atomic E-state index is 3.67. The summed E-state index contributed by atoms with van der Waals surface area (Å²) in [5, 5.41) is 3.24. The number of halogens is 1. The molecule has 0 amide bonds. The Bertz CT molecular complexity index is 329. The van der Waals surface area contributed by atoms with Gasteiger partial charge in [0.2, 0.25) is 0 Å². The van der Waals surface area contributed by atoms with Crippen LogP contribution < -0.4 is 0 Å². The quantitative estimate of drug-likeness (QED) is 0.685. The average molecular weight is 332 g/mol. The second kappa shape index (κ2) is 7.06. The van der Waals surface area contributed by atoms with E-state index in [-0.39, 0.29) is 0 Å². The van der Waals surface area contributed by atoms with Gasteiger partial charge in [-0.15, -0.1) is 11.3 Å². The number of hydrogen-bond donors (Lipinski definition) is 0. The van der Waals surface area contributed by atoms with Crippen LogP contribution in [0.15, 0.2) is 17.5 Å². The summed E-state index contributed by atoms with van der Waals surface area (Å²) < 4.78 is 0. The van der Waals surface area contributed by atoms with Gasteiger partial charge in [-0.3, -0.25) is 0 Å². The standard InChI is InChI=1S/C15H26BrNS/c1-12(9-14-7-6-8-18-14)17(5)11-13(10-16)15(2,3)4/h6-8,12-13H,9-11H2,1-5H3. The molecule has 18 heavy (non-hydrogen) atoms. The Hall–Kier alpha value is 0.140. The lowest BCUT2D eigenvalue weighted by Crippen LogP contribution is -2.39. The van der Waals surface area contributed by atoms with Crippen molar-refractivity contribution in [1.29, 1.82) is 0 Å². The fraction of sp³-hybridized carbons (Fsp3) is 0.733. The molecule has 0 fully saturated rings. The van der Waals surface area contributed by atoms with Crippen molar-refractivity contribution in [1.82, 2.24) is 4.90 Å². The Kier molecular flexibility index (Phi) is 6.36. The van der Waals surface area contributed by atoms with Gasteiger partial charge in [-0.25, -0.2) is 0 Å². The molecule has 2 unspecified atom stereocenters. The second-order valence-corrected chi connectivity index (χ2v) is 7.97. The van der Waals surface area contributed by atoms with E-state index < -0.39 is 0 Å². The minimum absolute atomic E-state index is 0.362. The SMILES string of the molecule is CC(Cc1cccs1)N(C)CC(CBr)C(C)(C)C. The smallest absolute Gasteiger partial charge is 0.0112 e. The molecule has 3 heteroatoms. The molecular formula is C15H26BrNS. The maximum absolute atomic E-state index is 3.67. The van der Waals surface area contributed by atoms with Crippen molar-refractivity contribution in [3.63, 3.8) is 0 Å². The van der Waals surface area contributed by atoms with Crippen LogP contribution in [0.4, 0.5) is 0 Å². The Morgan fingerprint density at radius 1 is 1.39 bits per heavy atom. The van der Waals surface area contributed by atoms with E-state index in [9.17, 15) is 0 Å². The largest absolute Gasteiger partial charge is 0.303 e. The Morgan fingerprint density at radius 2 is 2.06 bits per heavy atom. The molecule has 1 aromatic heterocycles. The Labute approximate surface area is 125 Å². The molecule has 0 aliphatic heterocycles. The van der Waals surface area contributed by atoms with Crippen molar-refractivity contribution >= 4 is 27.3 Å². The fourth-order valence-corrected chi connectivity index (χ4v) is 3.96. The van der Waals surface area contributed by atoms with Crippen molar-refractivity contribution in [3.05, 3.63) is 22.4 Å². The van der Waals surface area contributed by atoms with Gasteiger partial charge in [0.05, 0.1) is 0 Å². The minimum Gasteiger partial charge on any atom is -0.303 e. The number of rotatable bonds is 6. The van der Waals surface area contributed by atoms with Gasteiger partial charge in [-0.2, -0.15) is 0 Å². The second-order valence-electron chi connectivity index (χ2n) is 6.29. The Morgan fingerprint density at radius 3 is 2.50 bits per heavy atom. The van der Waals surface area contributed by atoms with E-state index in [2.05, 4.69) is 73.1 Å². The first-order valence-electron chi connectivity index (χ1n) is 6.63. The molecule has 1 nitrogen and oxygen atoms in total. The molecule has 0 N–H and O–H groups in total. The lowest BCUT2D eigenvalue weighted by atomic mass is 9.81. The van der Waals surface area contributed by atoms with Crippen LogP contribution in [0.25, 0.3) is 0 Å². The van der Waals surface area contributed by atoms with Crippen LogP contribution in [-0.4, -0.2) is 29.9 Å². The number of alkyl halides is 1. The van der Waals surface area contributed by atoms with Crippen molar-refractivity contribution in [2.24, 2.45) is 11.3 Å². The normalized spacial score (nSPS) is 15.9. The summed E-state index contributed by atoms with van der Waals surface area (Å²) in [7, 11) is 2.25. The van der Waals surface area contributed by atoms with Crippen molar-refractivity contribution in [2.75, 3.05) is 18.9 Å². The van der Waals surface area contributed by atoms with E-state index >= 15 is 0 Å². The summed E-state index contributed by atoms with van der Waals surface area (Å²) in [6, 6.07) is 4.98. The molecule has 104 valence electrons. The molecule has 0 aliphatic rings. The number of nitrogens with zero attached hydrogens (tertiary/aromatic N) is 1. The first-order chi connectivity index (χ1) is 8.34. The van der Waals surface area contributed by atoms with Crippen LogP contribution in [0.5, 0.6) is 0 Å². The molecule has 1 heterocycles. The molecule has 0 saturated carbocycles. The van der Waals surface area contributed by atoms with Crippen LogP contribution in [0.1, 0.15) is 32.6 Å². The molecule has 1 aromatic rings. The summed E-state index contributed by atoms with van der Waals surface area (Å²) in [5.74, 6) is 0.688. The van der Waals surface area contributed by atoms with Gasteiger partial charge < -0.3 is 4.90 Å². The first-order valence-corrected chi connectivity index (χ1v) is 8.63. The van der Waals surface area contributed by atoms with Gasteiger partial charge >= 0.3 is 0 Å². The molecule has 1 rings (SSSR count). The van der Waals surface area contributed by atoms with Crippen LogP contribution in [-0.2, 0) is 6.42 Å². The zero-order valence-electron chi connectivity index (χ0n) is 12.2. The number of thiophene rings is 1. The highest BCUT2D eigenvalue weighted by atomic mass is 79.9. The van der Waals surface area contributed by atoms with E-state index in [1.54, 1.807) is 0 Å². The van der Waals surface area contributed by atoms with Gasteiger partial charge in [-0.05, 0) is 43.2 Å². The maximum Gasteiger partial charge on any atom is 0.0112 e. The Balaban J connectivity index is 2.50. The van der Waals surface area contributed by atoms with Crippen LogP contribution in [0.3, 0.4) is 0 Å². The van der Waals surface area contributed by atoms with Gasteiger partial charge in [0.25, 0.3) is 0 Å². The van der Waals surface area contributed by atoms with Crippen molar-refractivity contribution in [3.8, 4) is 0 Å². The predicted octanol–water partition coefficient (Wildman–Crippen LogP) is 4.67. The average Bonchev–Trinajstić information content (AvgIpc) is 2.76. The third-order valence-corrected chi connectivity index (χ3v) is 5.43. The molecule has 0 radical (unpaired) electrons. The highest BCUT2D eigenvalue weighted by Crippen LogP contribution is 2.28. The van der Waals surface area contributed by atoms with Gasteiger partial charge in [-0.1, -0.05) is 42.8 Å². The molecule has 0 saturated heterocycles. The topological polar surface area (TPSA) is 3.24 Å². The lowest BCUT2D eigenvalue weighted by molar-refractivity contribution is 0.158. The van der Waals surface area contributed by atoms with Crippen LogP contribution in [0, 0.1) is 11.3 Å². The fourth-order valence-electron chi connectivity index (χ4n) is 1.96. The van der Waals surface area contributed by atoms with Gasteiger partial charge in [0, 0.05) is 22.8 Å². The minimum atomic E-state index is 0.362. The van der Waals surface area contributed by atoms with E-state index in [1.807, 2.05) is 11.3 Å². The highest BCUT2D eigenvalue weighted by molar-refractivity contribution is 9.09. The van der Waals surface area contributed by atoms with Crippen LogP contribution >= 0.6 is 27.3 Å². The van der Waals surface area contributed by atoms with E-state index in [1.165, 1.54) is 4.88 Å².